The van der Waals surface area contributed by atoms with E-state index in [4.69, 9.17) is 37.0 Å². The van der Waals surface area contributed by atoms with E-state index in [0.29, 0.717) is 25.7 Å². The molecule has 0 aromatic heterocycles. The second-order valence-corrected chi connectivity index (χ2v) is 29.0. The van der Waals surface area contributed by atoms with Crippen LogP contribution < -0.4 is 0 Å². The van der Waals surface area contributed by atoms with Crippen molar-refractivity contribution in [1.82, 2.24) is 0 Å². The van der Waals surface area contributed by atoms with Crippen molar-refractivity contribution in [3.8, 4) is 0 Å². The molecule has 0 rings (SSSR count). The van der Waals surface area contributed by atoms with Crippen molar-refractivity contribution in [3.63, 3.8) is 0 Å². The minimum Gasteiger partial charge on any atom is -0.462 e. The van der Waals surface area contributed by atoms with Gasteiger partial charge in [-0.05, 0) is 31.6 Å². The van der Waals surface area contributed by atoms with Gasteiger partial charge in [0.1, 0.15) is 19.3 Å². The van der Waals surface area contributed by atoms with E-state index in [1.165, 1.54) is 186 Å². The molecule has 0 spiro atoms. The molecular formula is C71H138O17P2. The van der Waals surface area contributed by atoms with E-state index in [-0.39, 0.29) is 25.7 Å². The molecule has 0 heterocycles. The van der Waals surface area contributed by atoms with Gasteiger partial charge in [0.15, 0.2) is 12.2 Å². The smallest absolute Gasteiger partial charge is 0.462 e. The Bertz CT molecular complexity index is 1740. The number of carbonyl (C=O) groups is 4. The van der Waals surface area contributed by atoms with Gasteiger partial charge in [-0.1, -0.05) is 317 Å². The van der Waals surface area contributed by atoms with Crippen LogP contribution in [0, 0.1) is 5.92 Å². The van der Waals surface area contributed by atoms with Gasteiger partial charge in [0.05, 0.1) is 26.4 Å². The van der Waals surface area contributed by atoms with Gasteiger partial charge in [-0.15, -0.1) is 0 Å². The van der Waals surface area contributed by atoms with Gasteiger partial charge < -0.3 is 33.8 Å². The maximum atomic E-state index is 13.0. The molecule has 5 atom stereocenters. The van der Waals surface area contributed by atoms with Crippen LogP contribution in [0.15, 0.2) is 0 Å². The number of aliphatic hydroxyl groups is 1. The first-order valence-corrected chi connectivity index (χ1v) is 40.1. The second kappa shape index (κ2) is 64.4. The summed E-state index contributed by atoms with van der Waals surface area (Å²) >= 11 is 0. The molecule has 3 N–H and O–H groups in total. The molecule has 90 heavy (non-hydrogen) atoms. The highest BCUT2D eigenvalue weighted by Gasteiger charge is 2.30. The first-order valence-electron chi connectivity index (χ1n) is 37.1. The van der Waals surface area contributed by atoms with Crippen LogP contribution in [0.2, 0.25) is 0 Å². The number of hydrogen-bond donors (Lipinski definition) is 3. The first kappa shape index (κ1) is 88.1. The largest absolute Gasteiger partial charge is 0.472 e. The van der Waals surface area contributed by atoms with Crippen molar-refractivity contribution < 1.29 is 80.2 Å². The Hall–Kier alpha value is -1.94. The van der Waals surface area contributed by atoms with Gasteiger partial charge in [0.25, 0.3) is 0 Å². The monoisotopic (exact) mass is 1320 g/mol. The van der Waals surface area contributed by atoms with E-state index in [2.05, 4.69) is 34.6 Å². The number of aliphatic hydroxyl groups excluding tert-OH is 1. The number of esters is 4. The van der Waals surface area contributed by atoms with Crippen molar-refractivity contribution in [3.05, 3.63) is 0 Å². The van der Waals surface area contributed by atoms with Crippen LogP contribution >= 0.6 is 15.6 Å². The predicted octanol–water partition coefficient (Wildman–Crippen LogP) is 20.5. The molecule has 0 aliphatic rings. The third kappa shape index (κ3) is 64.8. The summed E-state index contributed by atoms with van der Waals surface area (Å²) < 4.78 is 68.2. The van der Waals surface area contributed by atoms with Crippen LogP contribution in [0.4, 0.5) is 0 Å². The zero-order valence-electron chi connectivity index (χ0n) is 58.3. The summed E-state index contributed by atoms with van der Waals surface area (Å²) in [5, 5.41) is 10.6. The summed E-state index contributed by atoms with van der Waals surface area (Å²) in [5.41, 5.74) is 0. The molecule has 0 aliphatic carbocycles. The molecule has 2 unspecified atom stereocenters. The summed E-state index contributed by atoms with van der Waals surface area (Å²) in [6.45, 7) is 7.19. The Morgan fingerprint density at radius 1 is 0.300 bits per heavy atom. The van der Waals surface area contributed by atoms with Crippen molar-refractivity contribution in [2.75, 3.05) is 39.6 Å². The molecule has 0 fully saturated rings. The van der Waals surface area contributed by atoms with E-state index < -0.39 is 97.5 Å². The van der Waals surface area contributed by atoms with Crippen LogP contribution in [0.25, 0.3) is 0 Å². The molecule has 0 saturated carbocycles. The van der Waals surface area contributed by atoms with Crippen LogP contribution in [0.5, 0.6) is 0 Å². The number of unbranched alkanes of at least 4 members (excludes halogenated alkanes) is 43. The molecule has 0 amide bonds. The average molecular weight is 1330 g/mol. The summed E-state index contributed by atoms with van der Waals surface area (Å²) in [6, 6.07) is 0. The van der Waals surface area contributed by atoms with E-state index in [1.54, 1.807) is 0 Å². The van der Waals surface area contributed by atoms with Gasteiger partial charge >= 0.3 is 39.5 Å². The van der Waals surface area contributed by atoms with Gasteiger partial charge in [0.2, 0.25) is 0 Å². The Morgan fingerprint density at radius 2 is 0.511 bits per heavy atom. The maximum absolute atomic E-state index is 13.0. The number of carbonyl (C=O) groups excluding carboxylic acids is 4. The molecule has 0 aromatic rings. The zero-order valence-corrected chi connectivity index (χ0v) is 60.1. The van der Waals surface area contributed by atoms with E-state index in [0.717, 1.165) is 102 Å². The van der Waals surface area contributed by atoms with Gasteiger partial charge in [-0.2, -0.15) is 0 Å². The molecule has 19 heteroatoms. The number of ether oxygens (including phenoxy) is 4. The minimum atomic E-state index is -4.95. The second-order valence-electron chi connectivity index (χ2n) is 26.1. The van der Waals surface area contributed by atoms with Gasteiger partial charge in [0, 0.05) is 25.7 Å². The minimum absolute atomic E-state index is 0.105. The average Bonchev–Trinajstić information content (AvgIpc) is 2.91. The maximum Gasteiger partial charge on any atom is 0.472 e. The zero-order chi connectivity index (χ0) is 66.3. The van der Waals surface area contributed by atoms with E-state index in [1.807, 2.05) is 0 Å². The lowest BCUT2D eigenvalue weighted by atomic mass is 10.0. The molecule has 0 bridgehead atoms. The standard InChI is InChI=1S/C71H138O17P2/c1-6-9-12-15-18-21-23-25-26-27-28-29-31-33-35-41-46-51-56-70(75)87-67(61-82-69(74)55-50-45-40-34-32-30-24-22-19-16-13-10-7-2)63-86-90(79,80)84-59-65(72)58-83-89(77,78)85-62-66(60-81-68(73)54-49-44-39-20-17-14-11-8-3)88-71(76)57-52-47-42-37-36-38-43-48-53-64(4)5/h64-67,72H,6-63H2,1-5H3,(H,77,78)(H,79,80)/t65-,66+,67+/m0/s1. The highest BCUT2D eigenvalue weighted by Crippen LogP contribution is 2.45. The summed E-state index contributed by atoms with van der Waals surface area (Å²) in [7, 11) is -9.90. The fourth-order valence-electron chi connectivity index (χ4n) is 10.8. The molecule has 0 radical (unpaired) electrons. The lowest BCUT2D eigenvalue weighted by Crippen LogP contribution is -2.30. The molecule has 17 nitrogen and oxygen atoms in total. The van der Waals surface area contributed by atoms with Crippen molar-refractivity contribution in [2.45, 2.75) is 387 Å². The first-order chi connectivity index (χ1) is 43.5. The third-order valence-electron chi connectivity index (χ3n) is 16.5. The number of phosphoric ester groups is 2. The number of phosphoric acid groups is 2. The van der Waals surface area contributed by atoms with Crippen molar-refractivity contribution in [2.24, 2.45) is 5.92 Å². The Morgan fingerprint density at radius 3 is 0.756 bits per heavy atom. The summed E-state index contributed by atoms with van der Waals surface area (Å²) in [4.78, 5) is 72.5. The highest BCUT2D eigenvalue weighted by molar-refractivity contribution is 7.47. The quantitative estimate of drug-likeness (QED) is 0.0222. The number of hydrogen-bond acceptors (Lipinski definition) is 15. The van der Waals surface area contributed by atoms with Crippen molar-refractivity contribution in [1.29, 1.82) is 0 Å². The Kier molecular flexibility index (Phi) is 63.0. The van der Waals surface area contributed by atoms with Crippen LogP contribution in [-0.2, 0) is 65.4 Å². The Balaban J connectivity index is 5.20. The van der Waals surface area contributed by atoms with Gasteiger partial charge in [-0.25, -0.2) is 9.13 Å². The van der Waals surface area contributed by atoms with Crippen LogP contribution in [0.3, 0.4) is 0 Å². The van der Waals surface area contributed by atoms with Crippen LogP contribution in [0.1, 0.15) is 369 Å². The van der Waals surface area contributed by atoms with E-state index in [9.17, 15) is 43.2 Å². The highest BCUT2D eigenvalue weighted by atomic mass is 31.2. The topological polar surface area (TPSA) is 237 Å². The fraction of sp³-hybridized carbons (Fsp3) is 0.944. The molecule has 0 aliphatic heterocycles. The molecular weight excluding hydrogens is 1190 g/mol. The molecule has 534 valence electrons. The third-order valence-corrected chi connectivity index (χ3v) is 18.4. The lowest BCUT2D eigenvalue weighted by Gasteiger charge is -2.21. The van der Waals surface area contributed by atoms with Crippen molar-refractivity contribution >= 4 is 39.5 Å². The summed E-state index contributed by atoms with van der Waals surface area (Å²) in [5.74, 6) is -1.41. The fourth-order valence-corrected chi connectivity index (χ4v) is 12.4. The summed E-state index contributed by atoms with van der Waals surface area (Å²) in [6.07, 6.45) is 51.4. The molecule has 0 saturated heterocycles. The Labute approximate surface area is 549 Å². The normalized spacial score (nSPS) is 14.1. The number of rotatable bonds is 71. The van der Waals surface area contributed by atoms with E-state index >= 15 is 0 Å². The van der Waals surface area contributed by atoms with Crippen LogP contribution in [-0.4, -0.2) is 96.7 Å². The SMILES string of the molecule is CCCCCCCCCCCCCCCCCCCCC(=O)O[C@H](COC(=O)CCCCCCCCCCCCCCC)COP(=O)(O)OC[C@@H](O)COP(=O)(O)OC[C@@H](COC(=O)CCCCCCCCCC)OC(=O)CCCCCCCCCCC(C)C. The molecule has 0 aromatic carbocycles. The lowest BCUT2D eigenvalue weighted by molar-refractivity contribution is -0.161. The van der Waals surface area contributed by atoms with Gasteiger partial charge in [-0.3, -0.25) is 37.3 Å². The predicted molar refractivity (Wildman–Crippen MR) is 363 cm³/mol.